The fourth-order valence-electron chi connectivity index (χ4n) is 2.49. The maximum Gasteiger partial charge on any atom is 0.247 e. The van der Waals surface area contributed by atoms with Crippen molar-refractivity contribution in [3.8, 4) is 11.8 Å². The van der Waals surface area contributed by atoms with Gasteiger partial charge in [0.05, 0.1) is 12.7 Å². The molecule has 4 heteroatoms. The first kappa shape index (κ1) is 12.0. The molecule has 19 heavy (non-hydrogen) atoms. The van der Waals surface area contributed by atoms with Gasteiger partial charge in [0.15, 0.2) is 0 Å². The lowest BCUT2D eigenvalue weighted by atomic mass is 10.0. The normalized spacial score (nSPS) is 18.7. The molecule has 0 N–H and O–H groups in total. The van der Waals surface area contributed by atoms with Crippen molar-refractivity contribution in [2.75, 3.05) is 18.6 Å². The molecule has 2 aliphatic rings. The summed E-state index contributed by atoms with van der Waals surface area (Å²) in [6.07, 6.45) is 3.35. The molecule has 0 aromatic heterocycles. The molecular weight excluding hydrogens is 240 g/mol. The first-order chi connectivity index (χ1) is 9.16. The first-order valence-corrected chi connectivity index (χ1v) is 6.61. The molecule has 0 bridgehead atoms. The molecule has 1 aliphatic carbocycles. The average Bonchev–Trinajstić information content (AvgIpc) is 3.26. The van der Waals surface area contributed by atoms with Gasteiger partial charge < -0.3 is 9.64 Å². The number of carbonyl (C=O) groups excluding carboxylic acids is 1. The largest absolute Gasteiger partial charge is 0.493 e. The van der Waals surface area contributed by atoms with Gasteiger partial charge >= 0.3 is 0 Å². The van der Waals surface area contributed by atoms with E-state index in [0.717, 1.165) is 36.4 Å². The van der Waals surface area contributed by atoms with Gasteiger partial charge in [0.25, 0.3) is 0 Å². The average molecular weight is 256 g/mol. The van der Waals surface area contributed by atoms with Crippen molar-refractivity contribution in [2.24, 2.45) is 5.41 Å². The Hall–Kier alpha value is -2.02. The number of aryl methyl sites for hydroxylation is 1. The third-order valence-electron chi connectivity index (χ3n) is 3.96. The monoisotopic (exact) mass is 256 g/mol. The Labute approximate surface area is 112 Å². The summed E-state index contributed by atoms with van der Waals surface area (Å²) in [4.78, 5) is 13.9. The van der Waals surface area contributed by atoms with Crippen molar-refractivity contribution >= 4 is 11.6 Å². The fraction of sp³-hybridized carbons (Fsp3) is 0.467. The van der Waals surface area contributed by atoms with E-state index < -0.39 is 5.41 Å². The smallest absolute Gasteiger partial charge is 0.247 e. The van der Waals surface area contributed by atoms with E-state index >= 15 is 0 Å². The molecular formula is C15H16N2O2. The highest BCUT2D eigenvalue weighted by Crippen LogP contribution is 2.47. The zero-order valence-corrected chi connectivity index (χ0v) is 11.0. The van der Waals surface area contributed by atoms with Crippen molar-refractivity contribution in [1.82, 2.24) is 0 Å². The van der Waals surface area contributed by atoms with E-state index in [0.29, 0.717) is 12.8 Å². The zero-order valence-electron chi connectivity index (χ0n) is 11.0. The van der Waals surface area contributed by atoms with E-state index in [1.807, 2.05) is 18.2 Å². The number of hydrogen-bond acceptors (Lipinski definition) is 3. The molecule has 1 aromatic carbocycles. The summed E-state index contributed by atoms with van der Waals surface area (Å²) < 4.78 is 5.56. The number of anilines is 1. The molecule has 1 aromatic rings. The van der Waals surface area contributed by atoms with E-state index in [2.05, 4.69) is 6.07 Å². The Morgan fingerprint density at radius 3 is 2.95 bits per heavy atom. The molecule has 1 amide bonds. The van der Waals surface area contributed by atoms with Crippen LogP contribution in [-0.2, 0) is 11.2 Å². The second kappa shape index (κ2) is 4.27. The van der Waals surface area contributed by atoms with E-state index in [4.69, 9.17) is 10.00 Å². The van der Waals surface area contributed by atoms with Crippen LogP contribution >= 0.6 is 0 Å². The van der Waals surface area contributed by atoms with Gasteiger partial charge in [-0.2, -0.15) is 5.26 Å². The lowest BCUT2D eigenvalue weighted by molar-refractivity contribution is -0.121. The van der Waals surface area contributed by atoms with E-state index in [9.17, 15) is 4.79 Å². The predicted octanol–water partition coefficient (Wildman–Crippen LogP) is 2.28. The minimum Gasteiger partial charge on any atom is -0.493 e. The van der Waals surface area contributed by atoms with Crippen LogP contribution < -0.4 is 9.64 Å². The SMILES string of the molecule is CN(C(=O)C1(C#N)CC1)c1ccc2c(c1)CCCO2. The predicted molar refractivity (Wildman–Crippen MR) is 70.9 cm³/mol. The van der Waals surface area contributed by atoms with Gasteiger partial charge in [-0.3, -0.25) is 4.79 Å². The minimum atomic E-state index is -0.763. The molecule has 98 valence electrons. The van der Waals surface area contributed by atoms with Crippen LogP contribution in [0.25, 0.3) is 0 Å². The standard InChI is InChI=1S/C15H16N2O2/c1-17(14(18)15(10-16)6-7-15)12-4-5-13-11(9-12)3-2-8-19-13/h4-5,9H,2-3,6-8H2,1H3. The number of fused-ring (bicyclic) bond motifs is 1. The van der Waals surface area contributed by atoms with Crippen molar-refractivity contribution in [3.05, 3.63) is 23.8 Å². The second-order valence-corrected chi connectivity index (χ2v) is 5.30. The molecule has 1 aliphatic heterocycles. The second-order valence-electron chi connectivity index (χ2n) is 5.30. The molecule has 0 radical (unpaired) electrons. The topological polar surface area (TPSA) is 53.3 Å². The van der Waals surface area contributed by atoms with Crippen LogP contribution in [0.4, 0.5) is 5.69 Å². The van der Waals surface area contributed by atoms with E-state index in [1.165, 1.54) is 0 Å². The Kier molecular flexibility index (Phi) is 2.70. The van der Waals surface area contributed by atoms with Crippen LogP contribution in [0, 0.1) is 16.7 Å². The molecule has 4 nitrogen and oxygen atoms in total. The number of nitrogens with zero attached hydrogens (tertiary/aromatic N) is 2. The van der Waals surface area contributed by atoms with Gasteiger partial charge in [-0.15, -0.1) is 0 Å². The highest BCUT2D eigenvalue weighted by Gasteiger charge is 2.52. The number of benzene rings is 1. The van der Waals surface area contributed by atoms with E-state index in [-0.39, 0.29) is 5.91 Å². The zero-order chi connectivity index (χ0) is 13.5. The summed E-state index contributed by atoms with van der Waals surface area (Å²) in [5, 5.41) is 9.10. The van der Waals surface area contributed by atoms with Crippen LogP contribution in [0.2, 0.25) is 0 Å². The Morgan fingerprint density at radius 1 is 1.47 bits per heavy atom. The highest BCUT2D eigenvalue weighted by atomic mass is 16.5. The molecule has 1 fully saturated rings. The fourth-order valence-corrected chi connectivity index (χ4v) is 2.49. The Balaban J connectivity index is 1.86. The van der Waals surface area contributed by atoms with Crippen LogP contribution in [0.3, 0.4) is 0 Å². The molecule has 0 atom stereocenters. The summed E-state index contributed by atoms with van der Waals surface area (Å²) in [6.45, 7) is 0.763. The van der Waals surface area contributed by atoms with Crippen LogP contribution in [0.5, 0.6) is 5.75 Å². The molecule has 0 saturated heterocycles. The lowest BCUT2D eigenvalue weighted by Crippen LogP contribution is -2.33. The lowest BCUT2D eigenvalue weighted by Gasteiger charge is -2.23. The quantitative estimate of drug-likeness (QED) is 0.815. The number of carbonyl (C=O) groups is 1. The van der Waals surface area contributed by atoms with Crippen molar-refractivity contribution in [3.63, 3.8) is 0 Å². The van der Waals surface area contributed by atoms with Gasteiger partial charge in [-0.25, -0.2) is 0 Å². The van der Waals surface area contributed by atoms with Crippen LogP contribution in [0.1, 0.15) is 24.8 Å². The molecule has 1 heterocycles. The molecule has 0 spiro atoms. The number of hydrogen-bond donors (Lipinski definition) is 0. The molecule has 3 rings (SSSR count). The minimum absolute atomic E-state index is 0.0910. The summed E-state index contributed by atoms with van der Waals surface area (Å²) in [5.74, 6) is 0.823. The molecule has 1 saturated carbocycles. The summed E-state index contributed by atoms with van der Waals surface area (Å²) in [5.41, 5.74) is 1.22. The van der Waals surface area contributed by atoms with E-state index in [1.54, 1.807) is 11.9 Å². The maximum atomic E-state index is 12.3. The van der Waals surface area contributed by atoms with Crippen LogP contribution in [0.15, 0.2) is 18.2 Å². The van der Waals surface area contributed by atoms with Gasteiger partial charge in [0.2, 0.25) is 5.91 Å². The summed E-state index contributed by atoms with van der Waals surface area (Å²) >= 11 is 0. The number of nitriles is 1. The third kappa shape index (κ3) is 1.95. The van der Waals surface area contributed by atoms with Crippen molar-refractivity contribution in [2.45, 2.75) is 25.7 Å². The van der Waals surface area contributed by atoms with Gasteiger partial charge in [-0.1, -0.05) is 0 Å². The van der Waals surface area contributed by atoms with Gasteiger partial charge in [0, 0.05) is 12.7 Å². The Morgan fingerprint density at radius 2 is 2.26 bits per heavy atom. The van der Waals surface area contributed by atoms with Crippen molar-refractivity contribution < 1.29 is 9.53 Å². The highest BCUT2D eigenvalue weighted by molar-refractivity contribution is 6.00. The Bertz CT molecular complexity index is 570. The summed E-state index contributed by atoms with van der Waals surface area (Å²) in [6, 6.07) is 7.95. The third-order valence-corrected chi connectivity index (χ3v) is 3.96. The maximum absolute atomic E-state index is 12.3. The van der Waals surface area contributed by atoms with Gasteiger partial charge in [0.1, 0.15) is 11.2 Å². The van der Waals surface area contributed by atoms with Gasteiger partial charge in [-0.05, 0) is 49.4 Å². The number of rotatable bonds is 2. The first-order valence-electron chi connectivity index (χ1n) is 6.61. The van der Waals surface area contributed by atoms with Crippen LogP contribution in [-0.4, -0.2) is 19.6 Å². The number of ether oxygens (including phenoxy) is 1. The molecule has 0 unspecified atom stereocenters. The summed E-state index contributed by atoms with van der Waals surface area (Å²) in [7, 11) is 1.74. The number of amides is 1. The van der Waals surface area contributed by atoms with Crippen molar-refractivity contribution in [1.29, 1.82) is 5.26 Å².